The van der Waals surface area contributed by atoms with Crippen LogP contribution in [-0.4, -0.2) is 34.7 Å². The highest BCUT2D eigenvalue weighted by Crippen LogP contribution is 2.86. The summed E-state index contributed by atoms with van der Waals surface area (Å²) >= 11 is 1.51. The maximum absolute atomic E-state index is 15.1. The quantitative estimate of drug-likeness (QED) is 0.259. The number of carbonyl (C=O) groups is 2. The van der Waals surface area contributed by atoms with E-state index in [4.69, 9.17) is 0 Å². The molecule has 0 aliphatic rings. The van der Waals surface area contributed by atoms with Crippen molar-refractivity contribution in [3.05, 3.63) is 90.0 Å². The Morgan fingerprint density at radius 1 is 0.625 bits per heavy atom. The zero-order valence-corrected chi connectivity index (χ0v) is 21.8. The van der Waals surface area contributed by atoms with Gasteiger partial charge in [0.2, 0.25) is 0 Å². The minimum Gasteiger partial charge on any atom is -0.322 e. The number of halogens is 11. The van der Waals surface area contributed by atoms with E-state index in [-0.39, 0.29) is 22.9 Å². The molecule has 0 aliphatic heterocycles. The minimum absolute atomic E-state index is 0.0301. The predicted molar refractivity (Wildman–Crippen MR) is 132 cm³/mol. The summed E-state index contributed by atoms with van der Waals surface area (Å²) in [6, 6.07) is 14.9. The second kappa shape index (κ2) is 11.0. The van der Waals surface area contributed by atoms with Gasteiger partial charge in [-0.1, -0.05) is 36.4 Å². The first kappa shape index (κ1) is 31.3. The molecule has 0 saturated carbocycles. The lowest BCUT2D eigenvalue weighted by atomic mass is 10.1. The van der Waals surface area contributed by atoms with E-state index in [1.165, 1.54) is 39.1 Å². The van der Waals surface area contributed by atoms with Crippen LogP contribution in [0.1, 0.15) is 20.7 Å². The number of nitrogens with one attached hydrogen (secondary N) is 2. The van der Waals surface area contributed by atoms with Crippen LogP contribution >= 0.6 is 23.3 Å². The molecule has 40 heavy (non-hydrogen) atoms. The van der Waals surface area contributed by atoms with Crippen molar-refractivity contribution in [2.24, 2.45) is 0 Å². The maximum Gasteiger partial charge on any atom is 0.441 e. The highest BCUT2D eigenvalue weighted by atomic mass is 79.9. The fraction of sp³-hybridized carbons (Fsp3) is 0.167. The number of para-hydroxylation sites is 1. The molecule has 0 fully saturated rings. The molecular formula is C24H15BrF10N2O2S. The van der Waals surface area contributed by atoms with Crippen LogP contribution in [0.4, 0.5) is 55.3 Å². The first-order valence-electron chi connectivity index (χ1n) is 10.6. The van der Waals surface area contributed by atoms with Gasteiger partial charge >= 0.3 is 22.9 Å². The Labute approximate surface area is 228 Å². The van der Waals surface area contributed by atoms with Gasteiger partial charge in [-0.3, -0.25) is 9.59 Å². The monoisotopic (exact) mass is 664 g/mol. The number of anilines is 2. The van der Waals surface area contributed by atoms with Crippen molar-refractivity contribution in [2.75, 3.05) is 10.6 Å². The molecule has 0 aromatic heterocycles. The van der Waals surface area contributed by atoms with E-state index < -0.39 is 53.7 Å². The number of alkyl halides is 10. The van der Waals surface area contributed by atoms with E-state index in [0.717, 1.165) is 18.2 Å². The van der Waals surface area contributed by atoms with Gasteiger partial charge in [0.25, 0.3) is 11.8 Å². The van der Waals surface area contributed by atoms with Gasteiger partial charge in [0, 0.05) is 21.7 Å². The molecule has 3 aromatic rings. The Kier molecular flexibility index (Phi) is 8.56. The number of hydrogen-bond acceptors (Lipinski definition) is 2. The van der Waals surface area contributed by atoms with Crippen LogP contribution in [0.5, 0.6) is 0 Å². The number of rotatable bonds is 6. The van der Waals surface area contributed by atoms with Gasteiger partial charge in [-0.25, -0.2) is 4.39 Å². The minimum atomic E-state index is -7.07. The van der Waals surface area contributed by atoms with E-state index in [1.807, 2.05) is 5.32 Å². The van der Waals surface area contributed by atoms with Crippen molar-refractivity contribution < 1.29 is 53.5 Å². The Hall–Kier alpha value is -3.27. The highest BCUT2D eigenvalue weighted by molar-refractivity contribution is 9.58. The standard InChI is InChI=1S/C24H15BrF10N2O2S/c25-40(24(33,34)35,21(26,22(27,28)29)23(30,31)32)18-12-5-4-11-17(18)37-20(39)15-9-6-10-16(13-15)36-19(38)14-7-2-1-3-8-14/h1-13H,(H,36,38)(H,37,39). The van der Waals surface area contributed by atoms with Crippen molar-refractivity contribution in [1.82, 2.24) is 0 Å². The molecule has 3 rings (SSSR count). The third kappa shape index (κ3) is 5.64. The average Bonchev–Trinajstić information content (AvgIpc) is 2.86. The smallest absolute Gasteiger partial charge is 0.322 e. The van der Waals surface area contributed by atoms with Gasteiger partial charge in [0.1, 0.15) is 0 Å². The third-order valence-corrected chi connectivity index (χ3v) is 11.6. The molecule has 3 aromatic carbocycles. The second-order valence-electron chi connectivity index (χ2n) is 7.93. The normalized spacial score (nSPS) is 15.1. The molecule has 0 radical (unpaired) electrons. The van der Waals surface area contributed by atoms with Crippen LogP contribution in [0.3, 0.4) is 0 Å². The first-order chi connectivity index (χ1) is 18.3. The molecule has 216 valence electrons. The lowest BCUT2D eigenvalue weighted by Crippen LogP contribution is -2.57. The molecule has 16 heteroatoms. The van der Waals surface area contributed by atoms with Crippen LogP contribution in [0.15, 0.2) is 83.8 Å². The van der Waals surface area contributed by atoms with E-state index >= 15 is 4.39 Å². The predicted octanol–water partition coefficient (Wildman–Crippen LogP) is 8.97. The number of amides is 2. The summed E-state index contributed by atoms with van der Waals surface area (Å²) < 4.78 is 138. The molecule has 2 N–H and O–H groups in total. The molecule has 4 nitrogen and oxygen atoms in total. The van der Waals surface area contributed by atoms with E-state index in [2.05, 4.69) is 5.32 Å². The fourth-order valence-electron chi connectivity index (χ4n) is 3.46. The molecule has 2 amide bonds. The van der Waals surface area contributed by atoms with Crippen molar-refractivity contribution in [3.63, 3.8) is 0 Å². The molecule has 0 saturated heterocycles. The van der Waals surface area contributed by atoms with Crippen LogP contribution in [-0.2, 0) is 0 Å². The molecule has 0 bridgehead atoms. The fourth-order valence-corrected chi connectivity index (χ4v) is 7.60. The SMILES string of the molecule is O=C(Nc1cccc(C(=O)Nc2ccccc2S(Br)(C(F)(F)F)C(F)(C(F)(F)F)C(F)(F)F)c1)c1ccccc1. The van der Waals surface area contributed by atoms with Crippen molar-refractivity contribution in [1.29, 1.82) is 0 Å². The van der Waals surface area contributed by atoms with Gasteiger partial charge in [0.05, 0.1) is 5.69 Å². The van der Waals surface area contributed by atoms with Gasteiger partial charge in [-0.2, -0.15) is 39.5 Å². The first-order valence-corrected chi connectivity index (χ1v) is 14.1. The Morgan fingerprint density at radius 2 is 1.12 bits per heavy atom. The average molecular weight is 665 g/mol. The van der Waals surface area contributed by atoms with Crippen molar-refractivity contribution in [2.45, 2.75) is 27.8 Å². The number of benzene rings is 3. The summed E-state index contributed by atoms with van der Waals surface area (Å²) in [7, 11) is -6.68. The van der Waals surface area contributed by atoms with Gasteiger partial charge in [0.15, 0.2) is 0 Å². The van der Waals surface area contributed by atoms with Crippen LogP contribution < -0.4 is 10.6 Å². The molecule has 0 aliphatic carbocycles. The zero-order chi connectivity index (χ0) is 30.1. The molecule has 1 atom stereocenters. The summed E-state index contributed by atoms with van der Waals surface area (Å²) in [6.45, 7) is 0. The molecule has 0 spiro atoms. The highest BCUT2D eigenvalue weighted by Gasteiger charge is 2.85. The summed E-state index contributed by atoms with van der Waals surface area (Å²) in [5.74, 6) is -1.87. The Balaban J connectivity index is 2.04. The summed E-state index contributed by atoms with van der Waals surface area (Å²) in [6.07, 6.45) is -14.1. The van der Waals surface area contributed by atoms with E-state index in [0.29, 0.717) is 12.1 Å². The maximum atomic E-state index is 15.1. The van der Waals surface area contributed by atoms with Crippen molar-refractivity contribution >= 4 is 46.5 Å². The van der Waals surface area contributed by atoms with Crippen LogP contribution in [0, 0.1) is 0 Å². The van der Waals surface area contributed by atoms with Crippen LogP contribution in [0.2, 0.25) is 0 Å². The number of carbonyl (C=O) groups excluding carboxylic acids is 2. The van der Waals surface area contributed by atoms with Crippen LogP contribution in [0.25, 0.3) is 0 Å². The number of hydrogen-bond donors (Lipinski definition) is 2. The Bertz CT molecular complexity index is 1380. The molecule has 0 heterocycles. The van der Waals surface area contributed by atoms with Gasteiger partial charge in [-0.05, 0) is 65.7 Å². The zero-order valence-electron chi connectivity index (χ0n) is 19.4. The lowest BCUT2D eigenvalue weighted by Gasteiger charge is -2.47. The summed E-state index contributed by atoms with van der Waals surface area (Å²) in [4.78, 5) is 23.4. The molecule has 1 unspecified atom stereocenters. The van der Waals surface area contributed by atoms with E-state index in [1.54, 1.807) is 18.2 Å². The molecular weight excluding hydrogens is 650 g/mol. The largest absolute Gasteiger partial charge is 0.441 e. The lowest BCUT2D eigenvalue weighted by molar-refractivity contribution is -0.306. The topological polar surface area (TPSA) is 58.2 Å². The van der Waals surface area contributed by atoms with Gasteiger partial charge in [-0.15, -0.1) is 0 Å². The van der Waals surface area contributed by atoms with Crippen molar-refractivity contribution in [3.8, 4) is 0 Å². The summed E-state index contributed by atoms with van der Waals surface area (Å²) in [5.41, 5.74) is -7.69. The van der Waals surface area contributed by atoms with E-state index in [9.17, 15) is 49.1 Å². The Morgan fingerprint density at radius 3 is 1.68 bits per heavy atom. The van der Waals surface area contributed by atoms with Gasteiger partial charge < -0.3 is 10.6 Å². The third-order valence-electron chi connectivity index (χ3n) is 5.29. The summed E-state index contributed by atoms with van der Waals surface area (Å²) in [5, 5.41) is -2.51. The second-order valence-corrected chi connectivity index (χ2v) is 13.4.